The van der Waals surface area contributed by atoms with E-state index in [0.717, 1.165) is 18.5 Å². The molecule has 4 nitrogen and oxygen atoms in total. The SMILES string of the molecule is Cc1ccccc1[C@@H]1C[C@@H](C)N(CC(=O)NCc2cccnc2)C1. The van der Waals surface area contributed by atoms with Gasteiger partial charge in [-0.05, 0) is 48.9 Å². The van der Waals surface area contributed by atoms with Crippen molar-refractivity contribution >= 4 is 5.91 Å². The summed E-state index contributed by atoms with van der Waals surface area (Å²) in [7, 11) is 0. The number of nitrogens with zero attached hydrogens (tertiary/aromatic N) is 2. The minimum absolute atomic E-state index is 0.0798. The van der Waals surface area contributed by atoms with Gasteiger partial charge in [0.05, 0.1) is 6.54 Å². The quantitative estimate of drug-likeness (QED) is 0.920. The van der Waals surface area contributed by atoms with Crippen LogP contribution in [0.15, 0.2) is 48.8 Å². The van der Waals surface area contributed by atoms with Crippen LogP contribution in [0.1, 0.15) is 36.0 Å². The van der Waals surface area contributed by atoms with E-state index >= 15 is 0 Å². The maximum atomic E-state index is 12.3. The Morgan fingerprint density at radius 1 is 1.29 bits per heavy atom. The van der Waals surface area contributed by atoms with Gasteiger partial charge in [-0.2, -0.15) is 0 Å². The van der Waals surface area contributed by atoms with Crippen LogP contribution in [0.4, 0.5) is 0 Å². The molecule has 24 heavy (non-hydrogen) atoms. The Hall–Kier alpha value is -2.20. The van der Waals surface area contributed by atoms with Crippen LogP contribution in [0.3, 0.4) is 0 Å². The Bertz CT molecular complexity index is 686. The molecule has 1 amide bonds. The van der Waals surface area contributed by atoms with Crippen molar-refractivity contribution in [3.05, 3.63) is 65.5 Å². The summed E-state index contributed by atoms with van der Waals surface area (Å²) in [5.41, 5.74) is 3.79. The fourth-order valence-corrected chi connectivity index (χ4v) is 3.53. The molecule has 0 aliphatic carbocycles. The number of carbonyl (C=O) groups excluding carboxylic acids is 1. The molecule has 2 atom stereocenters. The van der Waals surface area contributed by atoms with Gasteiger partial charge in [0.2, 0.25) is 5.91 Å². The van der Waals surface area contributed by atoms with Gasteiger partial charge in [-0.25, -0.2) is 0 Å². The van der Waals surface area contributed by atoms with Crippen LogP contribution in [-0.4, -0.2) is 34.9 Å². The van der Waals surface area contributed by atoms with Crippen molar-refractivity contribution in [1.82, 2.24) is 15.2 Å². The molecule has 1 saturated heterocycles. The molecule has 0 unspecified atom stereocenters. The average molecular weight is 323 g/mol. The molecule has 1 aliphatic rings. The molecule has 0 saturated carbocycles. The number of pyridine rings is 1. The molecule has 1 N–H and O–H groups in total. The molecular formula is C20H25N3O. The average Bonchev–Trinajstić information content (AvgIpc) is 2.95. The first kappa shape index (κ1) is 16.7. The van der Waals surface area contributed by atoms with Gasteiger partial charge in [0.1, 0.15) is 0 Å². The second kappa shape index (κ2) is 7.58. The first-order valence-electron chi connectivity index (χ1n) is 8.58. The summed E-state index contributed by atoms with van der Waals surface area (Å²) < 4.78 is 0. The number of benzene rings is 1. The van der Waals surface area contributed by atoms with Gasteiger partial charge >= 0.3 is 0 Å². The van der Waals surface area contributed by atoms with Crippen LogP contribution in [0.5, 0.6) is 0 Å². The first-order chi connectivity index (χ1) is 11.6. The summed E-state index contributed by atoms with van der Waals surface area (Å²) in [4.78, 5) is 18.6. The van der Waals surface area contributed by atoms with Gasteiger partial charge in [0.15, 0.2) is 0 Å². The standard InChI is InChI=1S/C20H25N3O/c1-15-6-3-4-8-19(15)18-10-16(2)23(13-18)14-20(24)22-12-17-7-5-9-21-11-17/h3-9,11,16,18H,10,12-14H2,1-2H3,(H,22,24)/t16-,18-/m1/s1. The lowest BCUT2D eigenvalue weighted by molar-refractivity contribution is -0.122. The third-order valence-corrected chi connectivity index (χ3v) is 4.89. The summed E-state index contributed by atoms with van der Waals surface area (Å²) in [6, 6.07) is 12.9. The van der Waals surface area contributed by atoms with Gasteiger partial charge < -0.3 is 5.32 Å². The van der Waals surface area contributed by atoms with Crippen LogP contribution in [0, 0.1) is 6.92 Å². The highest BCUT2D eigenvalue weighted by Crippen LogP contribution is 2.32. The lowest BCUT2D eigenvalue weighted by Gasteiger charge is -2.20. The number of rotatable bonds is 5. The smallest absolute Gasteiger partial charge is 0.234 e. The summed E-state index contributed by atoms with van der Waals surface area (Å²) in [6.45, 7) is 6.34. The Labute approximate surface area is 143 Å². The largest absolute Gasteiger partial charge is 0.351 e. The second-order valence-corrected chi connectivity index (χ2v) is 6.71. The third kappa shape index (κ3) is 4.01. The molecule has 4 heteroatoms. The zero-order valence-corrected chi connectivity index (χ0v) is 14.4. The Kier molecular flexibility index (Phi) is 5.26. The number of likely N-dealkylation sites (tertiary alicyclic amines) is 1. The van der Waals surface area contributed by atoms with E-state index < -0.39 is 0 Å². The van der Waals surface area contributed by atoms with E-state index in [-0.39, 0.29) is 5.91 Å². The van der Waals surface area contributed by atoms with E-state index in [0.29, 0.717) is 25.0 Å². The van der Waals surface area contributed by atoms with Crippen LogP contribution < -0.4 is 5.32 Å². The van der Waals surface area contributed by atoms with E-state index in [1.54, 1.807) is 12.4 Å². The van der Waals surface area contributed by atoms with Crippen molar-refractivity contribution in [2.45, 2.75) is 38.8 Å². The number of hydrogen-bond acceptors (Lipinski definition) is 3. The van der Waals surface area contributed by atoms with E-state index in [9.17, 15) is 4.79 Å². The van der Waals surface area contributed by atoms with E-state index in [1.807, 2.05) is 12.1 Å². The monoisotopic (exact) mass is 323 g/mol. The number of carbonyl (C=O) groups is 1. The molecule has 3 rings (SSSR count). The zero-order valence-electron chi connectivity index (χ0n) is 14.4. The second-order valence-electron chi connectivity index (χ2n) is 6.71. The van der Waals surface area contributed by atoms with Gasteiger partial charge in [-0.15, -0.1) is 0 Å². The van der Waals surface area contributed by atoms with Gasteiger partial charge in [-0.1, -0.05) is 30.3 Å². The maximum absolute atomic E-state index is 12.3. The molecule has 1 fully saturated rings. The lowest BCUT2D eigenvalue weighted by atomic mass is 9.93. The van der Waals surface area contributed by atoms with E-state index in [2.05, 4.69) is 53.3 Å². The lowest BCUT2D eigenvalue weighted by Crippen LogP contribution is -2.38. The number of nitrogens with one attached hydrogen (secondary N) is 1. The molecule has 1 aromatic heterocycles. The highest BCUT2D eigenvalue weighted by molar-refractivity contribution is 5.78. The van der Waals surface area contributed by atoms with Crippen molar-refractivity contribution in [2.75, 3.05) is 13.1 Å². The van der Waals surface area contributed by atoms with Gasteiger partial charge in [0.25, 0.3) is 0 Å². The number of hydrogen-bond donors (Lipinski definition) is 1. The molecule has 126 valence electrons. The van der Waals surface area contributed by atoms with Gasteiger partial charge in [0, 0.05) is 31.5 Å². The topological polar surface area (TPSA) is 45.2 Å². The highest BCUT2D eigenvalue weighted by atomic mass is 16.2. The predicted molar refractivity (Wildman–Crippen MR) is 95.7 cm³/mol. The Morgan fingerprint density at radius 3 is 2.88 bits per heavy atom. The van der Waals surface area contributed by atoms with Crippen molar-refractivity contribution in [3.8, 4) is 0 Å². The predicted octanol–water partition coefficient (Wildman–Crippen LogP) is 2.88. The van der Waals surface area contributed by atoms with Crippen LogP contribution in [-0.2, 0) is 11.3 Å². The number of amides is 1. The zero-order chi connectivity index (χ0) is 16.9. The normalized spacial score (nSPS) is 20.9. The Balaban J connectivity index is 1.54. The molecule has 2 aromatic rings. The molecule has 2 heterocycles. The van der Waals surface area contributed by atoms with Crippen LogP contribution >= 0.6 is 0 Å². The van der Waals surface area contributed by atoms with Crippen LogP contribution in [0.25, 0.3) is 0 Å². The molecule has 1 aliphatic heterocycles. The van der Waals surface area contributed by atoms with E-state index in [4.69, 9.17) is 0 Å². The summed E-state index contributed by atoms with van der Waals surface area (Å²) in [6.07, 6.45) is 4.64. The van der Waals surface area contributed by atoms with E-state index in [1.165, 1.54) is 11.1 Å². The number of aromatic nitrogens is 1. The van der Waals surface area contributed by atoms with Crippen molar-refractivity contribution in [2.24, 2.45) is 0 Å². The van der Waals surface area contributed by atoms with Crippen molar-refractivity contribution < 1.29 is 4.79 Å². The van der Waals surface area contributed by atoms with Crippen LogP contribution in [0.2, 0.25) is 0 Å². The summed E-state index contributed by atoms with van der Waals surface area (Å²) >= 11 is 0. The van der Waals surface area contributed by atoms with Crippen molar-refractivity contribution in [1.29, 1.82) is 0 Å². The minimum atomic E-state index is 0.0798. The summed E-state index contributed by atoms with van der Waals surface area (Å²) in [5.74, 6) is 0.600. The Morgan fingerprint density at radius 2 is 2.12 bits per heavy atom. The first-order valence-corrected chi connectivity index (χ1v) is 8.58. The molecule has 0 radical (unpaired) electrons. The fraction of sp³-hybridized carbons (Fsp3) is 0.400. The third-order valence-electron chi connectivity index (χ3n) is 4.89. The maximum Gasteiger partial charge on any atom is 0.234 e. The molecule has 0 spiro atoms. The number of aryl methyl sites for hydroxylation is 1. The summed E-state index contributed by atoms with van der Waals surface area (Å²) in [5, 5.41) is 2.99. The molecule has 1 aromatic carbocycles. The molecular weight excluding hydrogens is 298 g/mol. The van der Waals surface area contributed by atoms with Gasteiger partial charge in [-0.3, -0.25) is 14.7 Å². The minimum Gasteiger partial charge on any atom is -0.351 e. The fourth-order valence-electron chi connectivity index (χ4n) is 3.53. The van der Waals surface area contributed by atoms with Crippen molar-refractivity contribution in [3.63, 3.8) is 0 Å². The molecule has 0 bridgehead atoms. The highest BCUT2D eigenvalue weighted by Gasteiger charge is 2.31.